The van der Waals surface area contributed by atoms with Crippen LogP contribution in [0, 0.1) is 12.3 Å². The SMILES string of the molecule is Cc1nccn1C(C)(C)CC(C)(C)C. The van der Waals surface area contributed by atoms with E-state index >= 15 is 0 Å². The highest BCUT2D eigenvalue weighted by Gasteiger charge is 2.27. The Balaban J connectivity index is 2.91. The maximum atomic E-state index is 4.28. The summed E-state index contributed by atoms with van der Waals surface area (Å²) in [5.74, 6) is 1.10. The molecule has 0 aliphatic carbocycles. The molecule has 0 saturated carbocycles. The van der Waals surface area contributed by atoms with E-state index in [9.17, 15) is 0 Å². The van der Waals surface area contributed by atoms with Crippen LogP contribution >= 0.6 is 0 Å². The molecular formula is C12H22N2. The molecule has 0 bridgehead atoms. The molecule has 0 atom stereocenters. The molecule has 0 aliphatic rings. The summed E-state index contributed by atoms with van der Waals surface area (Å²) < 4.78 is 2.26. The molecule has 1 aromatic heterocycles. The predicted molar refractivity (Wildman–Crippen MR) is 60.4 cm³/mol. The Morgan fingerprint density at radius 1 is 1.21 bits per heavy atom. The smallest absolute Gasteiger partial charge is 0.105 e. The van der Waals surface area contributed by atoms with E-state index in [1.165, 1.54) is 0 Å². The van der Waals surface area contributed by atoms with Gasteiger partial charge in [0.25, 0.3) is 0 Å². The second-order valence-electron chi connectivity index (χ2n) is 5.89. The van der Waals surface area contributed by atoms with Gasteiger partial charge in [-0.15, -0.1) is 0 Å². The minimum Gasteiger partial charge on any atom is -0.330 e. The van der Waals surface area contributed by atoms with Crippen LogP contribution in [0.3, 0.4) is 0 Å². The average Bonchev–Trinajstić information content (AvgIpc) is 2.29. The number of rotatable bonds is 2. The number of hydrogen-bond acceptors (Lipinski definition) is 1. The van der Waals surface area contributed by atoms with E-state index in [4.69, 9.17) is 0 Å². The monoisotopic (exact) mass is 194 g/mol. The van der Waals surface area contributed by atoms with Gasteiger partial charge in [0.15, 0.2) is 0 Å². The zero-order valence-electron chi connectivity index (χ0n) is 10.3. The summed E-state index contributed by atoms with van der Waals surface area (Å²) in [6.07, 6.45) is 5.10. The Bertz CT molecular complexity index is 302. The van der Waals surface area contributed by atoms with E-state index in [1.807, 2.05) is 6.20 Å². The lowest BCUT2D eigenvalue weighted by molar-refractivity contribution is 0.211. The van der Waals surface area contributed by atoms with Crippen LogP contribution in [0.15, 0.2) is 12.4 Å². The third kappa shape index (κ3) is 2.60. The van der Waals surface area contributed by atoms with Gasteiger partial charge in [-0.2, -0.15) is 0 Å². The molecule has 0 saturated heterocycles. The predicted octanol–water partition coefficient (Wildman–Crippen LogP) is 3.36. The molecule has 0 aliphatic heterocycles. The minimum atomic E-state index is 0.152. The number of aryl methyl sites for hydroxylation is 1. The normalized spacial score (nSPS) is 13.3. The van der Waals surface area contributed by atoms with Crippen molar-refractivity contribution < 1.29 is 0 Å². The molecule has 2 nitrogen and oxygen atoms in total. The van der Waals surface area contributed by atoms with E-state index in [-0.39, 0.29) is 5.54 Å². The maximum absolute atomic E-state index is 4.28. The minimum absolute atomic E-state index is 0.152. The van der Waals surface area contributed by atoms with E-state index < -0.39 is 0 Å². The molecule has 0 N–H and O–H groups in total. The standard InChI is InChI=1S/C12H22N2/c1-10-13-7-8-14(10)12(5,6)9-11(2,3)4/h7-8H,9H2,1-6H3. The third-order valence-corrected chi connectivity index (χ3v) is 2.44. The quantitative estimate of drug-likeness (QED) is 0.706. The van der Waals surface area contributed by atoms with Crippen LogP contribution < -0.4 is 0 Å². The largest absolute Gasteiger partial charge is 0.330 e. The molecule has 0 spiro atoms. The summed E-state index contributed by atoms with van der Waals surface area (Å²) in [6, 6.07) is 0. The van der Waals surface area contributed by atoms with Crippen LogP contribution in [0.5, 0.6) is 0 Å². The maximum Gasteiger partial charge on any atom is 0.105 e. The first kappa shape index (κ1) is 11.3. The van der Waals surface area contributed by atoms with Crippen LogP contribution in [0.4, 0.5) is 0 Å². The summed E-state index contributed by atoms with van der Waals surface area (Å²) in [5.41, 5.74) is 0.499. The highest BCUT2D eigenvalue weighted by atomic mass is 15.1. The Morgan fingerprint density at radius 3 is 2.14 bits per heavy atom. The molecule has 0 radical (unpaired) electrons. The average molecular weight is 194 g/mol. The van der Waals surface area contributed by atoms with Crippen molar-refractivity contribution in [2.24, 2.45) is 5.41 Å². The highest BCUT2D eigenvalue weighted by molar-refractivity contribution is 4.97. The number of hydrogen-bond donors (Lipinski definition) is 0. The van der Waals surface area contributed by atoms with Crippen LogP contribution in [-0.4, -0.2) is 9.55 Å². The summed E-state index contributed by atoms with van der Waals surface area (Å²) in [6.45, 7) is 13.4. The lowest BCUT2D eigenvalue weighted by Gasteiger charge is -2.34. The Morgan fingerprint density at radius 2 is 1.79 bits per heavy atom. The molecule has 1 rings (SSSR count). The second-order valence-corrected chi connectivity index (χ2v) is 5.89. The number of aromatic nitrogens is 2. The van der Waals surface area contributed by atoms with Crippen LogP contribution in [0.1, 0.15) is 46.9 Å². The fourth-order valence-electron chi connectivity index (χ4n) is 2.40. The van der Waals surface area contributed by atoms with Gasteiger partial charge in [0.2, 0.25) is 0 Å². The van der Waals surface area contributed by atoms with E-state index in [2.05, 4.69) is 57.3 Å². The van der Waals surface area contributed by atoms with Crippen molar-refractivity contribution in [2.75, 3.05) is 0 Å². The van der Waals surface area contributed by atoms with Crippen molar-refractivity contribution >= 4 is 0 Å². The Labute approximate surface area is 87.4 Å². The summed E-state index contributed by atoms with van der Waals surface area (Å²) >= 11 is 0. The topological polar surface area (TPSA) is 17.8 Å². The summed E-state index contributed by atoms with van der Waals surface area (Å²) in [4.78, 5) is 4.28. The molecular weight excluding hydrogens is 172 g/mol. The molecule has 2 heteroatoms. The van der Waals surface area contributed by atoms with Crippen molar-refractivity contribution in [3.63, 3.8) is 0 Å². The van der Waals surface area contributed by atoms with Crippen molar-refractivity contribution in [3.8, 4) is 0 Å². The van der Waals surface area contributed by atoms with Gasteiger partial charge in [-0.25, -0.2) is 4.98 Å². The molecule has 1 heterocycles. The highest BCUT2D eigenvalue weighted by Crippen LogP contribution is 2.32. The molecule has 80 valence electrons. The third-order valence-electron chi connectivity index (χ3n) is 2.44. The van der Waals surface area contributed by atoms with Crippen molar-refractivity contribution in [1.82, 2.24) is 9.55 Å². The molecule has 0 amide bonds. The zero-order chi connectivity index (χ0) is 11.0. The number of imidazole rings is 1. The van der Waals surface area contributed by atoms with E-state index in [0.29, 0.717) is 5.41 Å². The Kier molecular flexibility index (Phi) is 2.75. The Hall–Kier alpha value is -0.790. The van der Waals surface area contributed by atoms with Gasteiger partial charge in [-0.1, -0.05) is 20.8 Å². The van der Waals surface area contributed by atoms with Crippen LogP contribution in [-0.2, 0) is 5.54 Å². The molecule has 14 heavy (non-hydrogen) atoms. The first-order valence-electron chi connectivity index (χ1n) is 5.23. The van der Waals surface area contributed by atoms with E-state index in [1.54, 1.807) is 0 Å². The van der Waals surface area contributed by atoms with Gasteiger partial charge >= 0.3 is 0 Å². The van der Waals surface area contributed by atoms with Crippen molar-refractivity contribution in [3.05, 3.63) is 18.2 Å². The fraction of sp³-hybridized carbons (Fsp3) is 0.750. The molecule has 0 aromatic carbocycles. The molecule has 0 unspecified atom stereocenters. The molecule has 0 fully saturated rings. The summed E-state index contributed by atoms with van der Waals surface area (Å²) in [5, 5.41) is 0. The van der Waals surface area contributed by atoms with Gasteiger partial charge in [0, 0.05) is 17.9 Å². The van der Waals surface area contributed by atoms with Gasteiger partial charge in [-0.3, -0.25) is 0 Å². The lowest BCUT2D eigenvalue weighted by atomic mass is 9.81. The van der Waals surface area contributed by atoms with Crippen molar-refractivity contribution in [1.29, 1.82) is 0 Å². The van der Waals surface area contributed by atoms with Gasteiger partial charge in [-0.05, 0) is 32.6 Å². The fourth-order valence-corrected chi connectivity index (χ4v) is 2.40. The summed E-state index contributed by atoms with van der Waals surface area (Å²) in [7, 11) is 0. The van der Waals surface area contributed by atoms with Gasteiger partial charge in [0.1, 0.15) is 5.82 Å². The first-order chi connectivity index (χ1) is 6.22. The number of nitrogens with zero attached hydrogens (tertiary/aromatic N) is 2. The lowest BCUT2D eigenvalue weighted by Crippen LogP contribution is -2.31. The first-order valence-corrected chi connectivity index (χ1v) is 5.23. The molecule has 1 aromatic rings. The van der Waals surface area contributed by atoms with Crippen molar-refractivity contribution in [2.45, 2.75) is 53.5 Å². The zero-order valence-corrected chi connectivity index (χ0v) is 10.3. The van der Waals surface area contributed by atoms with Gasteiger partial charge in [0.05, 0.1) is 0 Å². The van der Waals surface area contributed by atoms with Gasteiger partial charge < -0.3 is 4.57 Å². The second kappa shape index (κ2) is 3.41. The van der Waals surface area contributed by atoms with E-state index in [0.717, 1.165) is 12.2 Å². The van der Waals surface area contributed by atoms with Crippen LogP contribution in [0.2, 0.25) is 0 Å². The van der Waals surface area contributed by atoms with Crippen LogP contribution in [0.25, 0.3) is 0 Å².